The Bertz CT molecular complexity index is 132. The van der Waals surface area contributed by atoms with Crippen molar-refractivity contribution in [3.63, 3.8) is 0 Å². The third kappa shape index (κ3) is 1.30. The minimum atomic E-state index is 0.234. The summed E-state index contributed by atoms with van der Waals surface area (Å²) in [5, 5.41) is 0. The summed E-state index contributed by atoms with van der Waals surface area (Å²) in [7, 11) is 0. The monoisotopic (exact) mass is 157 g/mol. The fourth-order valence-electron chi connectivity index (χ4n) is 1.92. The zero-order chi connectivity index (χ0) is 8.48. The average molecular weight is 157 g/mol. The first-order valence-electron chi connectivity index (χ1n) is 4.53. The summed E-state index contributed by atoms with van der Waals surface area (Å²) in [6.45, 7) is 7.32. The highest BCUT2D eigenvalue weighted by Gasteiger charge is 2.42. The Morgan fingerprint density at radius 2 is 2.00 bits per heavy atom. The molecule has 0 saturated carbocycles. The van der Waals surface area contributed by atoms with Gasteiger partial charge in [0, 0.05) is 11.5 Å². The highest BCUT2D eigenvalue weighted by molar-refractivity contribution is 4.95. The summed E-state index contributed by atoms with van der Waals surface area (Å²) in [6, 6.07) is 0.234. The van der Waals surface area contributed by atoms with E-state index >= 15 is 0 Å². The lowest BCUT2D eigenvalue weighted by Gasteiger charge is -2.29. The van der Waals surface area contributed by atoms with Gasteiger partial charge in [0.05, 0.1) is 12.7 Å². The molecule has 1 fully saturated rings. The van der Waals surface area contributed by atoms with Crippen LogP contribution in [0.3, 0.4) is 0 Å². The second kappa shape index (κ2) is 3.11. The van der Waals surface area contributed by atoms with Gasteiger partial charge in [-0.15, -0.1) is 0 Å². The van der Waals surface area contributed by atoms with E-state index in [1.807, 2.05) is 0 Å². The van der Waals surface area contributed by atoms with E-state index in [4.69, 9.17) is 10.5 Å². The van der Waals surface area contributed by atoms with Crippen molar-refractivity contribution >= 4 is 0 Å². The van der Waals surface area contributed by atoms with E-state index in [0.29, 0.717) is 0 Å². The van der Waals surface area contributed by atoms with Gasteiger partial charge in [0.25, 0.3) is 0 Å². The molecule has 0 aliphatic carbocycles. The standard InChI is InChI=1S/C9H19NO/c1-4-9(5-2)6-11-7(3)8(9)10/h7-8H,4-6,10H2,1-3H3/t7-,8-/m0/s1. The minimum Gasteiger partial charge on any atom is -0.376 e. The third-order valence-electron chi connectivity index (χ3n) is 3.25. The maximum atomic E-state index is 6.05. The maximum absolute atomic E-state index is 6.05. The van der Waals surface area contributed by atoms with Crippen molar-refractivity contribution in [1.29, 1.82) is 0 Å². The highest BCUT2D eigenvalue weighted by atomic mass is 16.5. The van der Waals surface area contributed by atoms with Crippen molar-refractivity contribution in [1.82, 2.24) is 0 Å². The van der Waals surface area contributed by atoms with Gasteiger partial charge in [-0.3, -0.25) is 0 Å². The second-order valence-electron chi connectivity index (χ2n) is 3.61. The summed E-state index contributed by atoms with van der Waals surface area (Å²) in [4.78, 5) is 0. The normalized spacial score (nSPS) is 36.0. The Hall–Kier alpha value is -0.0800. The van der Waals surface area contributed by atoms with Crippen LogP contribution >= 0.6 is 0 Å². The van der Waals surface area contributed by atoms with Crippen molar-refractivity contribution in [2.24, 2.45) is 11.1 Å². The number of ether oxygens (including phenoxy) is 1. The Morgan fingerprint density at radius 3 is 2.18 bits per heavy atom. The number of nitrogens with two attached hydrogens (primary N) is 1. The first kappa shape index (κ1) is 9.01. The molecule has 1 rings (SSSR count). The molecule has 2 heteroatoms. The SMILES string of the molecule is CCC1(CC)CO[C@@H](C)[C@@H]1N. The molecule has 2 N–H and O–H groups in total. The first-order chi connectivity index (χ1) is 5.16. The predicted octanol–water partition coefficient (Wildman–Crippen LogP) is 1.54. The van der Waals surface area contributed by atoms with E-state index in [1.54, 1.807) is 0 Å². The van der Waals surface area contributed by atoms with Crippen molar-refractivity contribution in [2.45, 2.75) is 45.8 Å². The van der Waals surface area contributed by atoms with Crippen molar-refractivity contribution in [2.75, 3.05) is 6.61 Å². The molecule has 0 spiro atoms. The molecule has 0 radical (unpaired) electrons. The summed E-state index contributed by atoms with van der Waals surface area (Å²) in [5.41, 5.74) is 6.32. The molecule has 1 aliphatic rings. The van der Waals surface area contributed by atoms with Gasteiger partial charge in [0.15, 0.2) is 0 Å². The van der Waals surface area contributed by atoms with Crippen LogP contribution in [0.15, 0.2) is 0 Å². The van der Waals surface area contributed by atoms with Gasteiger partial charge in [-0.25, -0.2) is 0 Å². The fourth-order valence-corrected chi connectivity index (χ4v) is 1.92. The fraction of sp³-hybridized carbons (Fsp3) is 1.00. The van der Waals surface area contributed by atoms with E-state index in [1.165, 1.54) is 0 Å². The van der Waals surface area contributed by atoms with Crippen LogP contribution in [0.4, 0.5) is 0 Å². The van der Waals surface area contributed by atoms with Crippen LogP contribution in [0.5, 0.6) is 0 Å². The molecule has 0 unspecified atom stereocenters. The van der Waals surface area contributed by atoms with E-state index in [0.717, 1.165) is 19.4 Å². The Labute approximate surface area is 69.1 Å². The largest absolute Gasteiger partial charge is 0.376 e. The third-order valence-corrected chi connectivity index (χ3v) is 3.25. The molecular weight excluding hydrogens is 138 g/mol. The molecule has 0 aromatic rings. The van der Waals surface area contributed by atoms with Gasteiger partial charge < -0.3 is 10.5 Å². The minimum absolute atomic E-state index is 0.234. The zero-order valence-corrected chi connectivity index (χ0v) is 7.76. The molecule has 1 aliphatic heterocycles. The molecule has 1 saturated heterocycles. The molecule has 66 valence electrons. The first-order valence-corrected chi connectivity index (χ1v) is 4.53. The average Bonchev–Trinajstić information content (AvgIpc) is 2.32. The van der Waals surface area contributed by atoms with Crippen LogP contribution in [0, 0.1) is 5.41 Å². The zero-order valence-electron chi connectivity index (χ0n) is 7.76. The molecule has 11 heavy (non-hydrogen) atoms. The lowest BCUT2D eigenvalue weighted by Crippen LogP contribution is -2.42. The van der Waals surface area contributed by atoms with Crippen LogP contribution in [0.2, 0.25) is 0 Å². The Morgan fingerprint density at radius 1 is 1.45 bits per heavy atom. The molecule has 0 aromatic carbocycles. The molecular formula is C9H19NO. The Kier molecular flexibility index (Phi) is 2.55. The number of hydrogen-bond acceptors (Lipinski definition) is 2. The lowest BCUT2D eigenvalue weighted by molar-refractivity contribution is 0.102. The summed E-state index contributed by atoms with van der Waals surface area (Å²) in [6.07, 6.45) is 2.51. The second-order valence-corrected chi connectivity index (χ2v) is 3.61. The molecule has 2 nitrogen and oxygen atoms in total. The van der Waals surface area contributed by atoms with E-state index in [2.05, 4.69) is 20.8 Å². The van der Waals surface area contributed by atoms with E-state index < -0.39 is 0 Å². The smallest absolute Gasteiger partial charge is 0.0704 e. The van der Waals surface area contributed by atoms with Gasteiger partial charge in [-0.05, 0) is 19.8 Å². The number of hydrogen-bond donors (Lipinski definition) is 1. The summed E-state index contributed by atoms with van der Waals surface area (Å²) < 4.78 is 5.54. The van der Waals surface area contributed by atoms with Gasteiger partial charge in [-0.2, -0.15) is 0 Å². The maximum Gasteiger partial charge on any atom is 0.0704 e. The van der Waals surface area contributed by atoms with Crippen molar-refractivity contribution in [3.8, 4) is 0 Å². The van der Waals surface area contributed by atoms with E-state index in [9.17, 15) is 0 Å². The van der Waals surface area contributed by atoms with Crippen LogP contribution in [-0.2, 0) is 4.74 Å². The van der Waals surface area contributed by atoms with Gasteiger partial charge in [-0.1, -0.05) is 13.8 Å². The van der Waals surface area contributed by atoms with Crippen molar-refractivity contribution < 1.29 is 4.74 Å². The highest BCUT2D eigenvalue weighted by Crippen LogP contribution is 2.37. The molecule has 0 amide bonds. The predicted molar refractivity (Wildman–Crippen MR) is 46.4 cm³/mol. The topological polar surface area (TPSA) is 35.2 Å². The van der Waals surface area contributed by atoms with E-state index in [-0.39, 0.29) is 17.6 Å². The van der Waals surface area contributed by atoms with Crippen LogP contribution < -0.4 is 5.73 Å². The van der Waals surface area contributed by atoms with Gasteiger partial charge in [0.2, 0.25) is 0 Å². The number of rotatable bonds is 2. The van der Waals surface area contributed by atoms with Crippen LogP contribution in [0.25, 0.3) is 0 Å². The molecule has 1 heterocycles. The molecule has 2 atom stereocenters. The quantitative estimate of drug-likeness (QED) is 0.660. The lowest BCUT2D eigenvalue weighted by atomic mass is 9.77. The summed E-state index contributed by atoms with van der Waals surface area (Å²) in [5.74, 6) is 0. The van der Waals surface area contributed by atoms with Crippen LogP contribution in [-0.4, -0.2) is 18.8 Å². The van der Waals surface area contributed by atoms with Crippen LogP contribution in [0.1, 0.15) is 33.6 Å². The summed E-state index contributed by atoms with van der Waals surface area (Å²) >= 11 is 0. The molecule has 0 aromatic heterocycles. The van der Waals surface area contributed by atoms with Crippen molar-refractivity contribution in [3.05, 3.63) is 0 Å². The van der Waals surface area contributed by atoms with Gasteiger partial charge in [0.1, 0.15) is 0 Å². The van der Waals surface area contributed by atoms with Gasteiger partial charge >= 0.3 is 0 Å². The Balaban J connectivity index is 2.69. The molecule has 0 bridgehead atoms.